The van der Waals surface area contributed by atoms with Gasteiger partial charge in [0.05, 0.1) is 6.04 Å². The molecule has 1 aliphatic heterocycles. The van der Waals surface area contributed by atoms with Crippen LogP contribution in [0.1, 0.15) is 37.1 Å². The normalized spacial score (nSPS) is 24.3. The van der Waals surface area contributed by atoms with Gasteiger partial charge in [0, 0.05) is 24.1 Å². The summed E-state index contributed by atoms with van der Waals surface area (Å²) in [5.74, 6) is 0.640. The highest BCUT2D eigenvalue weighted by atomic mass is 32.1. The molecule has 0 saturated carbocycles. The first-order valence-corrected chi connectivity index (χ1v) is 7.78. The van der Waals surface area contributed by atoms with Crippen molar-refractivity contribution >= 4 is 11.3 Å². The molecule has 1 fully saturated rings. The Morgan fingerprint density at radius 2 is 2.44 bits per heavy atom. The van der Waals surface area contributed by atoms with Crippen molar-refractivity contribution < 1.29 is 5.11 Å². The van der Waals surface area contributed by atoms with Gasteiger partial charge >= 0.3 is 0 Å². The van der Waals surface area contributed by atoms with Crippen LogP contribution in [0.15, 0.2) is 17.5 Å². The first-order valence-electron chi connectivity index (χ1n) is 6.90. The van der Waals surface area contributed by atoms with Gasteiger partial charge in [-0.25, -0.2) is 0 Å². The van der Waals surface area contributed by atoms with Crippen LogP contribution >= 0.6 is 11.3 Å². The predicted molar refractivity (Wildman–Crippen MR) is 76.7 cm³/mol. The molecule has 2 heterocycles. The van der Waals surface area contributed by atoms with Gasteiger partial charge in [-0.15, -0.1) is 11.3 Å². The minimum absolute atomic E-state index is 0.205. The number of hydrogen-bond donors (Lipinski definition) is 2. The fraction of sp³-hybridized carbons (Fsp3) is 0.714. The summed E-state index contributed by atoms with van der Waals surface area (Å²) in [7, 11) is 0. The van der Waals surface area contributed by atoms with E-state index in [1.165, 1.54) is 11.3 Å². The Labute approximate surface area is 114 Å². The van der Waals surface area contributed by atoms with E-state index in [0.717, 1.165) is 25.9 Å². The molecule has 0 amide bonds. The standard InChI is InChI=1S/C14H24N2OS/c1-2-12(15)14(13-4-3-9-18-13)16-7-5-11(10-16)6-8-17/h3-4,9,11-12,14,17H,2,5-8,10,15H2,1H3. The number of nitrogens with zero attached hydrogens (tertiary/aromatic N) is 1. The van der Waals surface area contributed by atoms with Crippen LogP contribution < -0.4 is 5.73 Å². The van der Waals surface area contributed by atoms with E-state index in [0.29, 0.717) is 18.6 Å². The molecular weight excluding hydrogens is 244 g/mol. The molecule has 2 rings (SSSR count). The van der Waals surface area contributed by atoms with Crippen LogP contribution in [-0.2, 0) is 0 Å². The molecular formula is C14H24N2OS. The zero-order valence-electron chi connectivity index (χ0n) is 11.1. The quantitative estimate of drug-likeness (QED) is 0.832. The maximum atomic E-state index is 9.05. The molecule has 1 saturated heterocycles. The Bertz CT molecular complexity index is 342. The Hall–Kier alpha value is -0.420. The molecule has 3 N–H and O–H groups in total. The molecule has 3 atom stereocenters. The van der Waals surface area contributed by atoms with Gasteiger partial charge in [0.25, 0.3) is 0 Å². The number of aliphatic hydroxyl groups is 1. The summed E-state index contributed by atoms with van der Waals surface area (Å²) in [4.78, 5) is 3.90. The molecule has 18 heavy (non-hydrogen) atoms. The zero-order valence-corrected chi connectivity index (χ0v) is 11.9. The highest BCUT2D eigenvalue weighted by Gasteiger charge is 2.32. The van der Waals surface area contributed by atoms with Crippen LogP contribution in [0.2, 0.25) is 0 Å². The third-order valence-corrected chi connectivity index (χ3v) is 4.90. The summed E-state index contributed by atoms with van der Waals surface area (Å²) < 4.78 is 0. The van der Waals surface area contributed by atoms with Crippen molar-refractivity contribution in [3.05, 3.63) is 22.4 Å². The maximum absolute atomic E-state index is 9.05. The Kier molecular flexibility index (Phi) is 5.18. The fourth-order valence-corrected chi connectivity index (χ4v) is 3.81. The number of nitrogens with two attached hydrogens (primary N) is 1. The molecule has 0 spiro atoms. The van der Waals surface area contributed by atoms with E-state index < -0.39 is 0 Å². The molecule has 0 bridgehead atoms. The minimum atomic E-state index is 0.205. The molecule has 0 aliphatic carbocycles. The molecule has 102 valence electrons. The molecule has 1 aliphatic rings. The van der Waals surface area contributed by atoms with Gasteiger partial charge in [-0.3, -0.25) is 4.90 Å². The van der Waals surface area contributed by atoms with E-state index >= 15 is 0 Å². The number of hydrogen-bond acceptors (Lipinski definition) is 4. The van der Waals surface area contributed by atoms with Gasteiger partial charge in [-0.1, -0.05) is 13.0 Å². The van der Waals surface area contributed by atoms with Gasteiger partial charge in [0.2, 0.25) is 0 Å². The lowest BCUT2D eigenvalue weighted by atomic mass is 10.0. The third kappa shape index (κ3) is 3.12. The number of thiophene rings is 1. The second-order valence-electron chi connectivity index (χ2n) is 5.19. The SMILES string of the molecule is CCC(N)C(c1cccs1)N1CCC(CCO)C1. The molecule has 3 unspecified atom stereocenters. The zero-order chi connectivity index (χ0) is 13.0. The average molecular weight is 268 g/mol. The smallest absolute Gasteiger partial charge is 0.0593 e. The van der Waals surface area contributed by atoms with E-state index in [-0.39, 0.29) is 6.04 Å². The van der Waals surface area contributed by atoms with Crippen molar-refractivity contribution in [3.63, 3.8) is 0 Å². The first-order chi connectivity index (χ1) is 8.76. The third-order valence-electron chi connectivity index (χ3n) is 3.96. The van der Waals surface area contributed by atoms with Gasteiger partial charge < -0.3 is 10.8 Å². The van der Waals surface area contributed by atoms with Gasteiger partial charge in [-0.2, -0.15) is 0 Å². The molecule has 1 aromatic heterocycles. The second kappa shape index (κ2) is 6.66. The van der Waals surface area contributed by atoms with Crippen LogP contribution in [0.3, 0.4) is 0 Å². The van der Waals surface area contributed by atoms with Crippen LogP contribution in [0.25, 0.3) is 0 Å². The Balaban J connectivity index is 2.06. The summed E-state index contributed by atoms with van der Waals surface area (Å²) in [6.45, 7) is 4.66. The predicted octanol–water partition coefficient (Wildman–Crippen LogP) is 2.23. The minimum Gasteiger partial charge on any atom is -0.396 e. The van der Waals surface area contributed by atoms with Crippen molar-refractivity contribution in [1.82, 2.24) is 4.90 Å². The van der Waals surface area contributed by atoms with Gasteiger partial charge in [-0.05, 0) is 43.2 Å². The van der Waals surface area contributed by atoms with Crippen molar-refractivity contribution in [1.29, 1.82) is 0 Å². The molecule has 3 nitrogen and oxygen atoms in total. The lowest BCUT2D eigenvalue weighted by molar-refractivity contribution is 0.196. The van der Waals surface area contributed by atoms with E-state index in [1.807, 2.05) is 0 Å². The highest BCUT2D eigenvalue weighted by molar-refractivity contribution is 7.10. The van der Waals surface area contributed by atoms with Crippen molar-refractivity contribution in [2.24, 2.45) is 11.7 Å². The van der Waals surface area contributed by atoms with Crippen LogP contribution in [0, 0.1) is 5.92 Å². The van der Waals surface area contributed by atoms with Crippen molar-refractivity contribution in [3.8, 4) is 0 Å². The number of likely N-dealkylation sites (tertiary alicyclic amines) is 1. The Morgan fingerprint density at radius 1 is 1.61 bits per heavy atom. The number of aliphatic hydroxyl groups excluding tert-OH is 1. The van der Waals surface area contributed by atoms with Crippen LogP contribution in [0.5, 0.6) is 0 Å². The van der Waals surface area contributed by atoms with Crippen LogP contribution in [-0.4, -0.2) is 35.7 Å². The second-order valence-corrected chi connectivity index (χ2v) is 6.17. The monoisotopic (exact) mass is 268 g/mol. The van der Waals surface area contributed by atoms with E-state index in [9.17, 15) is 0 Å². The largest absolute Gasteiger partial charge is 0.396 e. The fourth-order valence-electron chi connectivity index (χ4n) is 2.88. The topological polar surface area (TPSA) is 49.5 Å². The highest BCUT2D eigenvalue weighted by Crippen LogP contribution is 2.33. The van der Waals surface area contributed by atoms with E-state index in [1.54, 1.807) is 11.3 Å². The van der Waals surface area contributed by atoms with E-state index in [4.69, 9.17) is 10.8 Å². The van der Waals surface area contributed by atoms with Gasteiger partial charge in [0.1, 0.15) is 0 Å². The molecule has 4 heteroatoms. The van der Waals surface area contributed by atoms with Crippen molar-refractivity contribution in [2.75, 3.05) is 19.7 Å². The van der Waals surface area contributed by atoms with Crippen LogP contribution in [0.4, 0.5) is 0 Å². The van der Waals surface area contributed by atoms with Gasteiger partial charge in [0.15, 0.2) is 0 Å². The lowest BCUT2D eigenvalue weighted by Crippen LogP contribution is -2.39. The lowest BCUT2D eigenvalue weighted by Gasteiger charge is -2.31. The Morgan fingerprint density at radius 3 is 3.06 bits per heavy atom. The summed E-state index contributed by atoms with van der Waals surface area (Å²) in [5.41, 5.74) is 6.32. The molecule has 0 radical (unpaired) electrons. The van der Waals surface area contributed by atoms with E-state index in [2.05, 4.69) is 29.3 Å². The summed E-state index contributed by atoms with van der Waals surface area (Å²) in [6, 6.07) is 4.87. The summed E-state index contributed by atoms with van der Waals surface area (Å²) >= 11 is 1.81. The summed E-state index contributed by atoms with van der Waals surface area (Å²) in [6.07, 6.45) is 3.12. The first kappa shape index (κ1) is 14.0. The maximum Gasteiger partial charge on any atom is 0.0593 e. The molecule has 0 aromatic carbocycles. The number of rotatable bonds is 6. The summed E-state index contributed by atoms with van der Waals surface area (Å²) in [5, 5.41) is 11.2. The molecule has 1 aromatic rings. The average Bonchev–Trinajstić information content (AvgIpc) is 3.02. The van der Waals surface area contributed by atoms with Crippen molar-refractivity contribution in [2.45, 2.75) is 38.3 Å².